The first-order chi connectivity index (χ1) is 9.95. The zero-order valence-electron chi connectivity index (χ0n) is 11.0. The Kier molecular flexibility index (Phi) is 5.00. The van der Waals surface area contributed by atoms with Crippen molar-refractivity contribution in [2.75, 3.05) is 6.54 Å². The Balaban J connectivity index is 2.39. The van der Waals surface area contributed by atoms with Crippen LogP contribution in [-0.4, -0.2) is 24.3 Å². The van der Waals surface area contributed by atoms with Crippen LogP contribution in [-0.2, 0) is 16.6 Å². The van der Waals surface area contributed by atoms with Crippen LogP contribution in [0.15, 0.2) is 52.9 Å². The summed E-state index contributed by atoms with van der Waals surface area (Å²) >= 11 is 7.15. The minimum Gasteiger partial charge on any atom is -0.366 e. The molecule has 112 valence electrons. The molecular weight excluding hydrogens is 332 g/mol. The third-order valence-corrected chi connectivity index (χ3v) is 5.75. The minimum atomic E-state index is -3.90. The third-order valence-electron chi connectivity index (χ3n) is 2.70. The van der Waals surface area contributed by atoms with Crippen LogP contribution in [0.3, 0.4) is 0 Å². The van der Waals surface area contributed by atoms with Gasteiger partial charge in [-0.25, -0.2) is 8.42 Å². The number of pyridine rings is 1. The van der Waals surface area contributed by atoms with Gasteiger partial charge in [0.25, 0.3) is 0 Å². The summed E-state index contributed by atoms with van der Waals surface area (Å²) in [5.74, 6) is 0. The fraction of sp³-hybridized carbons (Fsp3) is 0.154. The molecule has 21 heavy (non-hydrogen) atoms. The van der Waals surface area contributed by atoms with Crippen molar-refractivity contribution in [3.63, 3.8) is 0 Å². The predicted molar refractivity (Wildman–Crippen MR) is 84.2 cm³/mol. The lowest BCUT2D eigenvalue weighted by Crippen LogP contribution is -2.33. The molecule has 0 spiro atoms. The fourth-order valence-corrected chi connectivity index (χ4v) is 4.36. The number of hydrogen-bond donors (Lipinski definition) is 1. The van der Waals surface area contributed by atoms with Gasteiger partial charge in [-0.05, 0) is 12.1 Å². The van der Waals surface area contributed by atoms with Gasteiger partial charge >= 0.3 is 0 Å². The highest BCUT2D eigenvalue weighted by molar-refractivity contribution is 7.89. The number of rotatable bonds is 6. The zero-order chi connectivity index (χ0) is 15.5. The van der Waals surface area contributed by atoms with E-state index in [0.29, 0.717) is 4.34 Å². The maximum absolute atomic E-state index is 12.6. The summed E-state index contributed by atoms with van der Waals surface area (Å²) in [6, 6.07) is 4.64. The molecule has 5 nitrogen and oxygen atoms in total. The average Bonchev–Trinajstić information content (AvgIpc) is 2.84. The summed E-state index contributed by atoms with van der Waals surface area (Å²) in [5.41, 5.74) is -0.549. The molecule has 2 aromatic rings. The normalized spacial score (nSPS) is 11.7. The van der Waals surface area contributed by atoms with E-state index in [0.717, 1.165) is 4.88 Å². The molecule has 1 N–H and O–H groups in total. The van der Waals surface area contributed by atoms with E-state index in [1.54, 1.807) is 12.1 Å². The first-order valence-electron chi connectivity index (χ1n) is 5.97. The van der Waals surface area contributed by atoms with Crippen molar-refractivity contribution in [2.24, 2.45) is 0 Å². The number of hydrogen-bond acceptors (Lipinski definition) is 4. The Morgan fingerprint density at radius 3 is 2.71 bits per heavy atom. The van der Waals surface area contributed by atoms with Gasteiger partial charge in [0.1, 0.15) is 4.90 Å². The first-order valence-corrected chi connectivity index (χ1v) is 8.61. The standard InChI is InChI=1S/C13H13ClN2O3S2/c1-2-7-16(9-10-3-4-13(14)20-10)21(18,19)12-8-15-6-5-11(12)17/h2-6,8H,1,7,9H2,(H,15,17). The number of sulfonamides is 1. The van der Waals surface area contributed by atoms with Gasteiger partial charge in [0.05, 0.1) is 4.34 Å². The molecule has 0 aliphatic carbocycles. The first kappa shape index (κ1) is 16.0. The van der Waals surface area contributed by atoms with Gasteiger partial charge in [-0.2, -0.15) is 4.31 Å². The fourth-order valence-electron chi connectivity index (χ4n) is 1.74. The molecule has 0 saturated carbocycles. The highest BCUT2D eigenvalue weighted by Crippen LogP contribution is 2.24. The van der Waals surface area contributed by atoms with Crippen LogP contribution in [0, 0.1) is 0 Å². The van der Waals surface area contributed by atoms with Gasteiger partial charge in [0, 0.05) is 36.4 Å². The summed E-state index contributed by atoms with van der Waals surface area (Å²) in [7, 11) is -3.90. The molecule has 2 aromatic heterocycles. The van der Waals surface area contributed by atoms with Gasteiger partial charge < -0.3 is 4.98 Å². The SMILES string of the molecule is C=CCN(Cc1ccc(Cl)s1)S(=O)(=O)c1c[nH]ccc1=O. The van der Waals surface area contributed by atoms with Crippen LogP contribution in [0.5, 0.6) is 0 Å². The van der Waals surface area contributed by atoms with E-state index in [1.165, 1.54) is 40.2 Å². The predicted octanol–water partition coefficient (Wildman–Crippen LogP) is 2.47. The second kappa shape index (κ2) is 6.57. The van der Waals surface area contributed by atoms with Gasteiger partial charge in [-0.3, -0.25) is 4.79 Å². The van der Waals surface area contributed by atoms with Crippen molar-refractivity contribution in [3.8, 4) is 0 Å². The average molecular weight is 345 g/mol. The number of aromatic amines is 1. The maximum Gasteiger partial charge on any atom is 0.249 e. The van der Waals surface area contributed by atoms with Crippen LogP contribution < -0.4 is 5.43 Å². The Labute approximate surface area is 131 Å². The van der Waals surface area contributed by atoms with Crippen molar-refractivity contribution in [1.82, 2.24) is 9.29 Å². The van der Waals surface area contributed by atoms with E-state index in [9.17, 15) is 13.2 Å². The Hall–Kier alpha value is -1.41. The van der Waals surface area contributed by atoms with Gasteiger partial charge in [-0.1, -0.05) is 17.7 Å². The van der Waals surface area contributed by atoms with Gasteiger partial charge in [0.15, 0.2) is 0 Å². The number of thiophene rings is 1. The van der Waals surface area contributed by atoms with Crippen LogP contribution in [0.25, 0.3) is 0 Å². The van der Waals surface area contributed by atoms with Crippen molar-refractivity contribution in [3.05, 3.63) is 62.7 Å². The summed E-state index contributed by atoms with van der Waals surface area (Å²) < 4.78 is 26.9. The van der Waals surface area contributed by atoms with Crippen LogP contribution in [0.4, 0.5) is 0 Å². The molecule has 0 amide bonds. The van der Waals surface area contributed by atoms with Crippen LogP contribution >= 0.6 is 22.9 Å². The quantitative estimate of drug-likeness (QED) is 0.818. The molecule has 0 saturated heterocycles. The number of aromatic nitrogens is 1. The molecule has 0 bridgehead atoms. The van der Waals surface area contributed by atoms with E-state index < -0.39 is 15.5 Å². The number of nitrogens with zero attached hydrogens (tertiary/aromatic N) is 1. The molecule has 0 unspecified atom stereocenters. The van der Waals surface area contributed by atoms with Crippen LogP contribution in [0.1, 0.15) is 4.88 Å². The summed E-state index contributed by atoms with van der Waals surface area (Å²) in [6.45, 7) is 3.80. The van der Waals surface area contributed by atoms with E-state index >= 15 is 0 Å². The van der Waals surface area contributed by atoms with Crippen LogP contribution in [0.2, 0.25) is 4.34 Å². The molecule has 0 radical (unpaired) electrons. The Morgan fingerprint density at radius 1 is 1.38 bits per heavy atom. The third kappa shape index (κ3) is 3.62. The lowest BCUT2D eigenvalue weighted by molar-refractivity contribution is 0.440. The molecule has 2 rings (SSSR count). The lowest BCUT2D eigenvalue weighted by atomic mass is 10.4. The Morgan fingerprint density at radius 2 is 2.14 bits per heavy atom. The number of nitrogens with one attached hydrogen (secondary N) is 1. The van der Waals surface area contributed by atoms with Crippen molar-refractivity contribution < 1.29 is 8.42 Å². The molecule has 0 aliphatic heterocycles. The molecule has 0 aliphatic rings. The molecule has 2 heterocycles. The molecule has 0 atom stereocenters. The second-order valence-corrected chi connectivity index (χ2v) is 7.87. The monoisotopic (exact) mass is 344 g/mol. The highest BCUT2D eigenvalue weighted by atomic mass is 35.5. The van der Waals surface area contributed by atoms with E-state index in [-0.39, 0.29) is 18.0 Å². The minimum absolute atomic E-state index is 0.103. The zero-order valence-corrected chi connectivity index (χ0v) is 13.3. The highest BCUT2D eigenvalue weighted by Gasteiger charge is 2.26. The summed E-state index contributed by atoms with van der Waals surface area (Å²) in [5, 5.41) is 0. The van der Waals surface area contributed by atoms with Gasteiger partial charge in [-0.15, -0.1) is 17.9 Å². The van der Waals surface area contributed by atoms with E-state index in [2.05, 4.69) is 11.6 Å². The molecule has 8 heteroatoms. The molecule has 0 aromatic carbocycles. The number of halogens is 1. The topological polar surface area (TPSA) is 70.2 Å². The number of H-pyrrole nitrogens is 1. The van der Waals surface area contributed by atoms with Crippen molar-refractivity contribution in [1.29, 1.82) is 0 Å². The smallest absolute Gasteiger partial charge is 0.249 e. The van der Waals surface area contributed by atoms with Crippen molar-refractivity contribution in [2.45, 2.75) is 11.4 Å². The van der Waals surface area contributed by atoms with Crippen molar-refractivity contribution >= 4 is 33.0 Å². The summed E-state index contributed by atoms with van der Waals surface area (Å²) in [6.07, 6.45) is 4.05. The molecule has 0 fully saturated rings. The largest absolute Gasteiger partial charge is 0.366 e. The lowest BCUT2D eigenvalue weighted by Gasteiger charge is -2.19. The van der Waals surface area contributed by atoms with E-state index in [1.807, 2.05) is 0 Å². The second-order valence-electron chi connectivity index (χ2n) is 4.16. The summed E-state index contributed by atoms with van der Waals surface area (Å²) in [4.78, 5) is 14.9. The maximum atomic E-state index is 12.6. The molecular formula is C13H13ClN2O3S2. The van der Waals surface area contributed by atoms with E-state index in [4.69, 9.17) is 11.6 Å². The Bertz CT molecular complexity index is 795. The van der Waals surface area contributed by atoms with Gasteiger partial charge in [0.2, 0.25) is 15.5 Å².